The van der Waals surface area contributed by atoms with Crippen molar-refractivity contribution in [1.29, 1.82) is 0 Å². The van der Waals surface area contributed by atoms with Crippen molar-refractivity contribution < 1.29 is 14.6 Å². The van der Waals surface area contributed by atoms with E-state index in [1.165, 1.54) is 16.9 Å². The lowest BCUT2D eigenvalue weighted by Crippen LogP contribution is -2.01. The molecule has 0 saturated carbocycles. The van der Waals surface area contributed by atoms with Crippen LogP contribution in [0, 0.1) is 6.92 Å². The summed E-state index contributed by atoms with van der Waals surface area (Å²) >= 11 is 1.46. The molecule has 1 aromatic heterocycles. The second-order valence-corrected chi connectivity index (χ2v) is 6.68. The number of hydrogen-bond acceptors (Lipinski definition) is 4. The molecule has 0 radical (unpaired) electrons. The van der Waals surface area contributed by atoms with Crippen LogP contribution in [0.15, 0.2) is 24.3 Å². The summed E-state index contributed by atoms with van der Waals surface area (Å²) in [5.74, 6) is 0.522. The van der Waals surface area contributed by atoms with Crippen LogP contribution in [0.5, 0.6) is 5.75 Å². The van der Waals surface area contributed by atoms with E-state index in [0.717, 1.165) is 21.3 Å². The number of rotatable bonds is 7. The first-order valence-electron chi connectivity index (χ1n) is 7.35. The van der Waals surface area contributed by atoms with Crippen LogP contribution < -0.4 is 4.74 Å². The summed E-state index contributed by atoms with van der Waals surface area (Å²) in [5, 5.41) is 9.78. The standard InChI is InChI=1S/C17H21NO3S/c1-11(2)13-5-4-6-14(9-13)21-8-7-16-18-12(3)15(22-16)10-17(19)20/h4-6,9,11H,7-8,10H2,1-3H3,(H,19,20). The summed E-state index contributed by atoms with van der Waals surface area (Å²) < 4.78 is 5.78. The molecule has 0 atom stereocenters. The summed E-state index contributed by atoms with van der Waals surface area (Å²) in [6, 6.07) is 8.12. The lowest BCUT2D eigenvalue weighted by Gasteiger charge is -2.09. The van der Waals surface area contributed by atoms with Gasteiger partial charge >= 0.3 is 5.97 Å². The van der Waals surface area contributed by atoms with Gasteiger partial charge in [0, 0.05) is 11.3 Å². The van der Waals surface area contributed by atoms with Gasteiger partial charge in [0.1, 0.15) is 5.75 Å². The highest BCUT2D eigenvalue weighted by molar-refractivity contribution is 7.11. The maximum Gasteiger partial charge on any atom is 0.308 e. The van der Waals surface area contributed by atoms with Crippen LogP contribution in [0.25, 0.3) is 0 Å². The third-order valence-electron chi connectivity index (χ3n) is 3.36. The molecular weight excluding hydrogens is 298 g/mol. The van der Waals surface area contributed by atoms with Gasteiger partial charge in [0.05, 0.1) is 23.7 Å². The quantitative estimate of drug-likeness (QED) is 0.842. The van der Waals surface area contributed by atoms with E-state index in [1.807, 2.05) is 19.1 Å². The fraction of sp³-hybridized carbons (Fsp3) is 0.412. The van der Waals surface area contributed by atoms with E-state index in [4.69, 9.17) is 9.84 Å². The first-order valence-corrected chi connectivity index (χ1v) is 8.17. The summed E-state index contributed by atoms with van der Waals surface area (Å²) in [7, 11) is 0. The van der Waals surface area contributed by atoms with Crippen LogP contribution >= 0.6 is 11.3 Å². The monoisotopic (exact) mass is 319 g/mol. The molecule has 0 amide bonds. The molecule has 2 aromatic rings. The Hall–Kier alpha value is -1.88. The number of thiazole rings is 1. The zero-order chi connectivity index (χ0) is 16.1. The highest BCUT2D eigenvalue weighted by atomic mass is 32.1. The molecule has 0 aliphatic rings. The van der Waals surface area contributed by atoms with Gasteiger partial charge in [-0.15, -0.1) is 11.3 Å². The van der Waals surface area contributed by atoms with Crippen LogP contribution in [0.4, 0.5) is 0 Å². The Morgan fingerprint density at radius 1 is 1.41 bits per heavy atom. The average Bonchev–Trinajstić information content (AvgIpc) is 2.78. The van der Waals surface area contributed by atoms with Gasteiger partial charge < -0.3 is 9.84 Å². The average molecular weight is 319 g/mol. The SMILES string of the molecule is Cc1nc(CCOc2cccc(C(C)C)c2)sc1CC(=O)O. The number of hydrogen-bond donors (Lipinski definition) is 1. The molecule has 4 nitrogen and oxygen atoms in total. The fourth-order valence-corrected chi connectivity index (χ4v) is 3.16. The second kappa shape index (κ2) is 7.40. The van der Waals surface area contributed by atoms with E-state index in [2.05, 4.69) is 31.0 Å². The minimum atomic E-state index is -0.819. The van der Waals surface area contributed by atoms with E-state index in [1.54, 1.807) is 0 Å². The molecule has 0 fully saturated rings. The van der Waals surface area contributed by atoms with E-state index < -0.39 is 5.97 Å². The molecule has 0 unspecified atom stereocenters. The fourth-order valence-electron chi connectivity index (χ4n) is 2.12. The number of carboxylic acids is 1. The van der Waals surface area contributed by atoms with Gasteiger partial charge in [-0.25, -0.2) is 4.98 Å². The Balaban J connectivity index is 1.91. The molecule has 1 heterocycles. The molecule has 118 valence electrons. The van der Waals surface area contributed by atoms with Crippen LogP contribution in [-0.4, -0.2) is 22.7 Å². The largest absolute Gasteiger partial charge is 0.493 e. The van der Waals surface area contributed by atoms with Gasteiger partial charge in [0.2, 0.25) is 0 Å². The van der Waals surface area contributed by atoms with Gasteiger partial charge in [-0.3, -0.25) is 4.79 Å². The third-order valence-corrected chi connectivity index (χ3v) is 4.58. The Morgan fingerprint density at radius 2 is 2.18 bits per heavy atom. The van der Waals surface area contributed by atoms with Crippen LogP contribution in [0.3, 0.4) is 0 Å². The predicted molar refractivity (Wildman–Crippen MR) is 87.9 cm³/mol. The Morgan fingerprint density at radius 3 is 2.86 bits per heavy atom. The Labute approximate surface area is 134 Å². The molecule has 1 aromatic carbocycles. The maximum atomic E-state index is 10.8. The first kappa shape index (κ1) is 16.5. The van der Waals surface area contributed by atoms with Crippen molar-refractivity contribution in [2.24, 2.45) is 0 Å². The van der Waals surface area contributed by atoms with Gasteiger partial charge in [-0.2, -0.15) is 0 Å². The lowest BCUT2D eigenvalue weighted by atomic mass is 10.0. The van der Waals surface area contributed by atoms with Crippen molar-refractivity contribution in [1.82, 2.24) is 4.98 Å². The highest BCUT2D eigenvalue weighted by Gasteiger charge is 2.11. The zero-order valence-electron chi connectivity index (χ0n) is 13.1. The summed E-state index contributed by atoms with van der Waals surface area (Å²) in [4.78, 5) is 16.0. The molecule has 1 N–H and O–H groups in total. The van der Waals surface area contributed by atoms with E-state index in [0.29, 0.717) is 18.9 Å². The van der Waals surface area contributed by atoms with Gasteiger partial charge in [0.25, 0.3) is 0 Å². The third kappa shape index (κ3) is 4.56. The van der Waals surface area contributed by atoms with Crippen molar-refractivity contribution in [3.05, 3.63) is 45.4 Å². The summed E-state index contributed by atoms with van der Waals surface area (Å²) in [6.07, 6.45) is 0.734. The molecule has 0 bridgehead atoms. The van der Waals surface area contributed by atoms with Crippen LogP contribution in [0.2, 0.25) is 0 Å². The number of carboxylic acid groups (broad SMARTS) is 1. The molecule has 2 rings (SSSR count). The van der Waals surface area contributed by atoms with Gasteiger partial charge in [0.15, 0.2) is 0 Å². The number of benzene rings is 1. The number of carbonyl (C=O) groups is 1. The topological polar surface area (TPSA) is 59.4 Å². The van der Waals surface area contributed by atoms with Crippen molar-refractivity contribution in [3.63, 3.8) is 0 Å². The molecular formula is C17H21NO3S. The molecule has 0 aliphatic heterocycles. The number of aromatic nitrogens is 1. The van der Waals surface area contributed by atoms with Crippen molar-refractivity contribution in [3.8, 4) is 5.75 Å². The van der Waals surface area contributed by atoms with E-state index in [-0.39, 0.29) is 6.42 Å². The summed E-state index contributed by atoms with van der Waals surface area (Å²) in [5.41, 5.74) is 2.07. The zero-order valence-corrected chi connectivity index (χ0v) is 13.9. The number of nitrogens with zero attached hydrogens (tertiary/aromatic N) is 1. The lowest BCUT2D eigenvalue weighted by molar-refractivity contribution is -0.136. The predicted octanol–water partition coefficient (Wildman–Crippen LogP) is 3.82. The molecule has 5 heteroatoms. The molecule has 22 heavy (non-hydrogen) atoms. The molecule has 0 spiro atoms. The highest BCUT2D eigenvalue weighted by Crippen LogP contribution is 2.22. The van der Waals surface area contributed by atoms with Crippen molar-refractivity contribution in [2.45, 2.75) is 39.5 Å². The van der Waals surface area contributed by atoms with Gasteiger partial charge in [-0.05, 0) is 30.5 Å². The Bertz CT molecular complexity index is 649. The smallest absolute Gasteiger partial charge is 0.308 e. The van der Waals surface area contributed by atoms with E-state index >= 15 is 0 Å². The van der Waals surface area contributed by atoms with E-state index in [9.17, 15) is 4.79 Å². The van der Waals surface area contributed by atoms with Crippen LogP contribution in [0.1, 0.15) is 40.9 Å². The van der Waals surface area contributed by atoms with Crippen LogP contribution in [-0.2, 0) is 17.6 Å². The minimum Gasteiger partial charge on any atom is -0.493 e. The number of aliphatic carboxylic acids is 1. The minimum absolute atomic E-state index is 0.0425. The summed E-state index contributed by atoms with van der Waals surface area (Å²) in [6.45, 7) is 6.70. The van der Waals surface area contributed by atoms with Gasteiger partial charge in [-0.1, -0.05) is 26.0 Å². The van der Waals surface area contributed by atoms with Crippen molar-refractivity contribution >= 4 is 17.3 Å². The number of aryl methyl sites for hydroxylation is 1. The molecule has 0 saturated heterocycles. The normalized spacial score (nSPS) is 10.9. The van der Waals surface area contributed by atoms with Crippen molar-refractivity contribution in [2.75, 3.05) is 6.61 Å². The first-order chi connectivity index (χ1) is 10.5. The molecule has 0 aliphatic carbocycles. The second-order valence-electron chi connectivity index (χ2n) is 5.51. The Kier molecular flexibility index (Phi) is 5.55. The number of ether oxygens (including phenoxy) is 1. The maximum absolute atomic E-state index is 10.8.